The van der Waals surface area contributed by atoms with Gasteiger partial charge in [0.2, 0.25) is 0 Å². The lowest BCUT2D eigenvalue weighted by Gasteiger charge is -1.97. The molecular formula is C11H9P. The Labute approximate surface area is 74.0 Å². The zero-order chi connectivity index (χ0) is 8.23. The van der Waals surface area contributed by atoms with Crippen LogP contribution in [0.3, 0.4) is 0 Å². The summed E-state index contributed by atoms with van der Waals surface area (Å²) in [6, 6.07) is 16.8. The van der Waals surface area contributed by atoms with Crippen LogP contribution in [0.15, 0.2) is 54.3 Å². The molecule has 0 aliphatic heterocycles. The summed E-state index contributed by atoms with van der Waals surface area (Å²) in [6.45, 7) is 0. The Morgan fingerprint density at radius 2 is 1.50 bits per heavy atom. The maximum atomic E-state index is 2.16. The molecule has 12 heavy (non-hydrogen) atoms. The van der Waals surface area contributed by atoms with Crippen molar-refractivity contribution in [2.75, 3.05) is 0 Å². The van der Waals surface area contributed by atoms with Crippen molar-refractivity contribution in [3.8, 4) is 10.9 Å². The highest BCUT2D eigenvalue weighted by Crippen LogP contribution is 2.26. The normalized spacial score (nSPS) is 10.3. The van der Waals surface area contributed by atoms with E-state index in [0.29, 0.717) is 0 Å². The van der Waals surface area contributed by atoms with E-state index in [0.717, 1.165) is 0 Å². The molecule has 0 bridgehead atoms. The molecule has 0 nitrogen and oxygen atoms in total. The molecule has 0 aliphatic rings. The molecule has 0 radical (unpaired) electrons. The van der Waals surface area contributed by atoms with Gasteiger partial charge in [0.25, 0.3) is 0 Å². The molecule has 1 heterocycles. The van der Waals surface area contributed by atoms with Gasteiger partial charge in [0.1, 0.15) is 0 Å². The molecule has 0 atom stereocenters. The van der Waals surface area contributed by atoms with Crippen molar-refractivity contribution >= 4 is 8.19 Å². The first kappa shape index (κ1) is 7.52. The SMILES string of the molecule is c1ccc(-c2ccccp2)cc1. The molecule has 0 saturated heterocycles. The summed E-state index contributed by atoms with van der Waals surface area (Å²) in [7, 11) is 1.29. The molecular weight excluding hydrogens is 163 g/mol. The van der Waals surface area contributed by atoms with Crippen molar-refractivity contribution in [3.05, 3.63) is 54.3 Å². The van der Waals surface area contributed by atoms with E-state index in [-0.39, 0.29) is 0 Å². The highest BCUT2D eigenvalue weighted by Gasteiger charge is 1.92. The Morgan fingerprint density at radius 3 is 2.17 bits per heavy atom. The first-order valence-electron chi connectivity index (χ1n) is 3.93. The third-order valence-electron chi connectivity index (χ3n) is 1.73. The maximum Gasteiger partial charge on any atom is 0.00902 e. The van der Waals surface area contributed by atoms with Gasteiger partial charge in [-0.25, -0.2) is 0 Å². The van der Waals surface area contributed by atoms with Crippen LogP contribution in [0.2, 0.25) is 0 Å². The second-order valence-corrected chi connectivity index (χ2v) is 3.62. The second-order valence-electron chi connectivity index (χ2n) is 2.58. The summed E-state index contributed by atoms with van der Waals surface area (Å²) in [5.74, 6) is 2.16. The summed E-state index contributed by atoms with van der Waals surface area (Å²) in [4.78, 5) is 0. The molecule has 0 unspecified atom stereocenters. The fraction of sp³-hybridized carbons (Fsp3) is 0. The van der Waals surface area contributed by atoms with Crippen molar-refractivity contribution in [1.29, 1.82) is 0 Å². The average molecular weight is 172 g/mol. The van der Waals surface area contributed by atoms with Crippen molar-refractivity contribution in [1.82, 2.24) is 0 Å². The standard InChI is InChI=1S/C11H9P/c1-2-6-10(7-3-1)11-8-4-5-9-12-11/h1-9H. The Balaban J connectivity index is 2.46. The Hall–Kier alpha value is -1.13. The third kappa shape index (κ3) is 1.54. The van der Waals surface area contributed by atoms with Crippen LogP contribution in [-0.2, 0) is 0 Å². The van der Waals surface area contributed by atoms with Gasteiger partial charge in [-0.3, -0.25) is 0 Å². The largest absolute Gasteiger partial charge is 0.0678 e. The third-order valence-corrected chi connectivity index (χ3v) is 2.74. The Kier molecular flexibility index (Phi) is 2.20. The van der Waals surface area contributed by atoms with E-state index in [1.807, 2.05) is 6.07 Å². The van der Waals surface area contributed by atoms with Crippen LogP contribution in [0, 0.1) is 0 Å². The van der Waals surface area contributed by atoms with Crippen LogP contribution in [0.4, 0.5) is 0 Å². The van der Waals surface area contributed by atoms with Crippen LogP contribution in [0.1, 0.15) is 0 Å². The van der Waals surface area contributed by atoms with E-state index in [1.165, 1.54) is 19.1 Å². The van der Waals surface area contributed by atoms with Gasteiger partial charge in [-0.1, -0.05) is 50.7 Å². The highest BCUT2D eigenvalue weighted by molar-refractivity contribution is 7.33. The maximum absolute atomic E-state index is 2.16. The number of hydrogen-bond donors (Lipinski definition) is 0. The van der Waals surface area contributed by atoms with Gasteiger partial charge in [0.15, 0.2) is 0 Å². The fourth-order valence-electron chi connectivity index (χ4n) is 1.14. The van der Waals surface area contributed by atoms with Crippen LogP contribution in [0.25, 0.3) is 10.9 Å². The van der Waals surface area contributed by atoms with Gasteiger partial charge in [0, 0.05) is 5.30 Å². The number of benzene rings is 1. The topological polar surface area (TPSA) is 0 Å². The minimum absolute atomic E-state index is 1.29. The van der Waals surface area contributed by atoms with E-state index in [1.54, 1.807) is 0 Å². The van der Waals surface area contributed by atoms with E-state index in [4.69, 9.17) is 0 Å². The lowest BCUT2D eigenvalue weighted by atomic mass is 10.2. The van der Waals surface area contributed by atoms with E-state index in [9.17, 15) is 0 Å². The van der Waals surface area contributed by atoms with Gasteiger partial charge in [-0.05, 0) is 17.4 Å². The molecule has 2 rings (SSSR count). The average Bonchev–Trinajstić information content (AvgIpc) is 2.21. The van der Waals surface area contributed by atoms with Crippen molar-refractivity contribution in [2.45, 2.75) is 0 Å². The van der Waals surface area contributed by atoms with E-state index < -0.39 is 0 Å². The van der Waals surface area contributed by atoms with Crippen LogP contribution in [0.5, 0.6) is 0 Å². The summed E-state index contributed by atoms with van der Waals surface area (Å²) in [5, 5.41) is 1.37. The molecule has 1 aromatic heterocycles. The molecule has 0 fully saturated rings. The molecule has 58 valence electrons. The zero-order valence-corrected chi connectivity index (χ0v) is 7.54. The molecule has 1 aromatic carbocycles. The number of hydrogen-bond acceptors (Lipinski definition) is 0. The van der Waals surface area contributed by atoms with Gasteiger partial charge in [0.05, 0.1) is 0 Å². The van der Waals surface area contributed by atoms with Gasteiger partial charge in [-0.2, -0.15) is 0 Å². The summed E-state index contributed by atoms with van der Waals surface area (Å²) < 4.78 is 0. The van der Waals surface area contributed by atoms with Gasteiger partial charge < -0.3 is 0 Å². The Bertz CT molecular complexity index is 302. The molecule has 0 saturated carbocycles. The second kappa shape index (κ2) is 3.51. The minimum atomic E-state index is 1.29. The summed E-state index contributed by atoms with van der Waals surface area (Å²) in [5.41, 5.74) is 1.32. The van der Waals surface area contributed by atoms with E-state index in [2.05, 4.69) is 48.3 Å². The molecule has 0 amide bonds. The van der Waals surface area contributed by atoms with Crippen molar-refractivity contribution in [3.63, 3.8) is 0 Å². The van der Waals surface area contributed by atoms with Crippen molar-refractivity contribution < 1.29 is 0 Å². The van der Waals surface area contributed by atoms with Crippen LogP contribution < -0.4 is 0 Å². The molecule has 0 aliphatic carbocycles. The number of rotatable bonds is 1. The molecule has 2 aromatic rings. The lowest BCUT2D eigenvalue weighted by Crippen LogP contribution is -1.69. The van der Waals surface area contributed by atoms with Crippen LogP contribution in [-0.4, -0.2) is 0 Å². The smallest absolute Gasteiger partial charge is 0.00902 e. The van der Waals surface area contributed by atoms with Gasteiger partial charge >= 0.3 is 0 Å². The molecule has 0 spiro atoms. The quantitative estimate of drug-likeness (QED) is 0.611. The predicted molar refractivity (Wildman–Crippen MR) is 54.4 cm³/mol. The lowest BCUT2D eigenvalue weighted by molar-refractivity contribution is 1.69. The van der Waals surface area contributed by atoms with E-state index >= 15 is 0 Å². The minimum Gasteiger partial charge on any atom is -0.0678 e. The predicted octanol–water partition coefficient (Wildman–Crippen LogP) is 3.93. The summed E-state index contributed by atoms with van der Waals surface area (Å²) >= 11 is 0. The first-order chi connectivity index (χ1) is 5.97. The highest BCUT2D eigenvalue weighted by atomic mass is 31.0. The zero-order valence-electron chi connectivity index (χ0n) is 6.64. The monoisotopic (exact) mass is 172 g/mol. The molecule has 0 N–H and O–H groups in total. The van der Waals surface area contributed by atoms with Gasteiger partial charge in [-0.15, -0.1) is 0 Å². The first-order valence-corrected chi connectivity index (χ1v) is 4.89. The fourth-order valence-corrected chi connectivity index (χ4v) is 1.96. The Morgan fingerprint density at radius 1 is 0.750 bits per heavy atom. The molecule has 1 heteroatoms. The van der Waals surface area contributed by atoms with Crippen molar-refractivity contribution in [2.24, 2.45) is 0 Å². The summed E-state index contributed by atoms with van der Waals surface area (Å²) in [6.07, 6.45) is 0. The van der Waals surface area contributed by atoms with Crippen LogP contribution >= 0.6 is 8.19 Å².